The van der Waals surface area contributed by atoms with Crippen LogP contribution < -0.4 is 10.1 Å². The number of pyridine rings is 2. The van der Waals surface area contributed by atoms with Crippen LogP contribution in [0.1, 0.15) is 19.5 Å². The van der Waals surface area contributed by atoms with Gasteiger partial charge in [-0.05, 0) is 18.2 Å². The highest BCUT2D eigenvalue weighted by Gasteiger charge is 2.28. The average Bonchev–Trinajstić information content (AvgIpc) is 3.04. The Morgan fingerprint density at radius 2 is 2.04 bits per heavy atom. The third-order valence-electron chi connectivity index (χ3n) is 3.77. The largest absolute Gasteiger partial charge is 0.483 e. The number of carbonyl (C=O) groups is 1. The molecule has 0 spiro atoms. The molecule has 1 N–H and O–H groups in total. The summed E-state index contributed by atoms with van der Waals surface area (Å²) in [6.45, 7) is 2.50. The first-order valence-electron chi connectivity index (χ1n) is 8.49. The molecule has 0 aliphatic heterocycles. The minimum Gasteiger partial charge on any atom is -0.483 e. The Morgan fingerprint density at radius 3 is 2.68 bits per heavy atom. The summed E-state index contributed by atoms with van der Waals surface area (Å²) in [7, 11) is 0. The topological polar surface area (TPSA) is 81.9 Å². The molecule has 3 heterocycles. The van der Waals surface area contributed by atoms with E-state index in [1.54, 1.807) is 43.1 Å². The fourth-order valence-corrected chi connectivity index (χ4v) is 2.36. The number of halogens is 3. The Morgan fingerprint density at radius 1 is 1.25 bits per heavy atom. The van der Waals surface area contributed by atoms with Crippen molar-refractivity contribution in [3.8, 4) is 5.75 Å². The van der Waals surface area contributed by atoms with Gasteiger partial charge in [0, 0.05) is 18.3 Å². The van der Waals surface area contributed by atoms with Crippen molar-refractivity contribution < 1.29 is 22.7 Å². The van der Waals surface area contributed by atoms with Crippen molar-refractivity contribution in [3.05, 3.63) is 42.5 Å². The van der Waals surface area contributed by atoms with Crippen LogP contribution in [0.3, 0.4) is 0 Å². The van der Waals surface area contributed by atoms with Crippen molar-refractivity contribution in [3.63, 3.8) is 0 Å². The Balaban J connectivity index is 1.73. The molecular formula is C18H18F3N5O2. The zero-order valence-electron chi connectivity index (χ0n) is 15.2. The fourth-order valence-electron chi connectivity index (χ4n) is 2.36. The van der Waals surface area contributed by atoms with Crippen molar-refractivity contribution in [2.24, 2.45) is 5.92 Å². The number of amides is 1. The van der Waals surface area contributed by atoms with E-state index in [4.69, 9.17) is 0 Å². The van der Waals surface area contributed by atoms with E-state index in [-0.39, 0.29) is 17.6 Å². The molecule has 3 aromatic heterocycles. The standard InChI is InChI=1S/C18H18F3N5O2/c1-11(2)17(27)24-16-14-9-26(25-15(14)5-6-22-16)8-12-3-4-13(7-23-12)28-10-18(19,20)21/h3-7,9,11H,8,10H2,1-2H3,(H,22,24,27). The van der Waals surface area contributed by atoms with E-state index in [1.165, 1.54) is 12.3 Å². The minimum atomic E-state index is -4.40. The summed E-state index contributed by atoms with van der Waals surface area (Å²) in [6.07, 6.45) is 0.124. The van der Waals surface area contributed by atoms with Gasteiger partial charge in [-0.1, -0.05) is 13.8 Å². The molecule has 0 aromatic carbocycles. The number of alkyl halides is 3. The van der Waals surface area contributed by atoms with Gasteiger partial charge in [0.25, 0.3) is 0 Å². The number of carbonyl (C=O) groups excluding carboxylic acids is 1. The van der Waals surface area contributed by atoms with Crippen molar-refractivity contribution in [2.75, 3.05) is 11.9 Å². The number of ether oxygens (including phenoxy) is 1. The van der Waals surface area contributed by atoms with Gasteiger partial charge in [0.1, 0.15) is 11.6 Å². The summed E-state index contributed by atoms with van der Waals surface area (Å²) in [5, 5.41) is 7.87. The van der Waals surface area contributed by atoms with Gasteiger partial charge in [0.2, 0.25) is 5.91 Å². The summed E-state index contributed by atoms with van der Waals surface area (Å²) in [5.74, 6) is 0.124. The maximum Gasteiger partial charge on any atom is 0.422 e. The van der Waals surface area contributed by atoms with Crippen molar-refractivity contribution in [1.29, 1.82) is 0 Å². The van der Waals surface area contributed by atoms with Crippen LogP contribution >= 0.6 is 0 Å². The monoisotopic (exact) mass is 393 g/mol. The molecule has 3 aromatic rings. The summed E-state index contributed by atoms with van der Waals surface area (Å²) >= 11 is 0. The fraction of sp³-hybridized carbons (Fsp3) is 0.333. The van der Waals surface area contributed by atoms with Gasteiger partial charge in [0.05, 0.1) is 29.3 Å². The maximum absolute atomic E-state index is 12.2. The summed E-state index contributed by atoms with van der Waals surface area (Å²) < 4.78 is 42.8. The van der Waals surface area contributed by atoms with E-state index in [0.29, 0.717) is 29.0 Å². The van der Waals surface area contributed by atoms with Gasteiger partial charge in [-0.25, -0.2) is 4.98 Å². The molecule has 0 saturated carbocycles. The van der Waals surface area contributed by atoms with Crippen LogP contribution in [-0.4, -0.2) is 38.4 Å². The molecule has 0 bridgehead atoms. The summed E-state index contributed by atoms with van der Waals surface area (Å²) in [5.41, 5.74) is 1.24. The lowest BCUT2D eigenvalue weighted by Gasteiger charge is -2.09. The van der Waals surface area contributed by atoms with E-state index in [2.05, 4.69) is 25.1 Å². The molecular weight excluding hydrogens is 375 g/mol. The predicted octanol–water partition coefficient (Wildman–Crippen LogP) is 3.41. The third kappa shape index (κ3) is 4.96. The lowest BCUT2D eigenvalue weighted by Crippen LogP contribution is -2.19. The van der Waals surface area contributed by atoms with E-state index in [0.717, 1.165) is 0 Å². The lowest BCUT2D eigenvalue weighted by atomic mass is 10.2. The molecule has 10 heteroatoms. The van der Waals surface area contributed by atoms with Crippen LogP contribution in [0.5, 0.6) is 5.75 Å². The zero-order chi connectivity index (χ0) is 20.3. The quantitative estimate of drug-likeness (QED) is 0.694. The second-order valence-electron chi connectivity index (χ2n) is 6.45. The van der Waals surface area contributed by atoms with Crippen LogP contribution in [0.25, 0.3) is 10.9 Å². The van der Waals surface area contributed by atoms with Gasteiger partial charge in [-0.3, -0.25) is 14.5 Å². The Hall–Kier alpha value is -3.17. The highest BCUT2D eigenvalue weighted by atomic mass is 19.4. The second-order valence-corrected chi connectivity index (χ2v) is 6.45. The van der Waals surface area contributed by atoms with E-state index >= 15 is 0 Å². The molecule has 0 aliphatic rings. The van der Waals surface area contributed by atoms with Gasteiger partial charge < -0.3 is 10.1 Å². The molecule has 3 rings (SSSR count). The Kier molecular flexibility index (Phi) is 5.48. The molecule has 148 valence electrons. The predicted molar refractivity (Wildman–Crippen MR) is 95.9 cm³/mol. The first-order valence-corrected chi connectivity index (χ1v) is 8.49. The van der Waals surface area contributed by atoms with Crippen LogP contribution in [0.4, 0.5) is 19.0 Å². The molecule has 1 amide bonds. The van der Waals surface area contributed by atoms with Crippen molar-refractivity contribution >= 4 is 22.6 Å². The molecule has 0 atom stereocenters. The highest BCUT2D eigenvalue weighted by Crippen LogP contribution is 2.21. The molecule has 0 radical (unpaired) electrons. The normalized spacial score (nSPS) is 11.8. The summed E-state index contributed by atoms with van der Waals surface area (Å²) in [6, 6.07) is 4.71. The van der Waals surface area contributed by atoms with E-state index < -0.39 is 12.8 Å². The lowest BCUT2D eigenvalue weighted by molar-refractivity contribution is -0.153. The first-order chi connectivity index (χ1) is 13.2. The Bertz CT molecular complexity index is 968. The van der Waals surface area contributed by atoms with Crippen LogP contribution in [0.2, 0.25) is 0 Å². The highest BCUT2D eigenvalue weighted by molar-refractivity contribution is 5.99. The van der Waals surface area contributed by atoms with Crippen molar-refractivity contribution in [1.82, 2.24) is 19.7 Å². The van der Waals surface area contributed by atoms with Crippen LogP contribution in [0, 0.1) is 5.92 Å². The number of rotatable bonds is 6. The molecule has 28 heavy (non-hydrogen) atoms. The van der Waals surface area contributed by atoms with Crippen LogP contribution in [0.15, 0.2) is 36.8 Å². The maximum atomic E-state index is 12.2. The number of hydrogen-bond donors (Lipinski definition) is 1. The zero-order valence-corrected chi connectivity index (χ0v) is 15.2. The van der Waals surface area contributed by atoms with Gasteiger partial charge >= 0.3 is 6.18 Å². The van der Waals surface area contributed by atoms with Crippen LogP contribution in [-0.2, 0) is 11.3 Å². The second kappa shape index (κ2) is 7.83. The molecule has 0 aliphatic carbocycles. The molecule has 7 nitrogen and oxygen atoms in total. The van der Waals surface area contributed by atoms with Gasteiger partial charge in [0.15, 0.2) is 6.61 Å². The number of fused-ring (bicyclic) bond motifs is 1. The molecule has 0 fully saturated rings. The smallest absolute Gasteiger partial charge is 0.422 e. The Labute approximate surface area is 158 Å². The number of nitrogens with zero attached hydrogens (tertiary/aromatic N) is 4. The summed E-state index contributed by atoms with van der Waals surface area (Å²) in [4.78, 5) is 20.2. The minimum absolute atomic E-state index is 0.0367. The number of anilines is 1. The van der Waals surface area contributed by atoms with Crippen molar-refractivity contribution in [2.45, 2.75) is 26.6 Å². The average molecular weight is 393 g/mol. The number of nitrogens with one attached hydrogen (secondary N) is 1. The van der Waals surface area contributed by atoms with E-state index in [9.17, 15) is 18.0 Å². The number of hydrogen-bond acceptors (Lipinski definition) is 5. The first kappa shape index (κ1) is 19.6. The van der Waals surface area contributed by atoms with Gasteiger partial charge in [-0.15, -0.1) is 0 Å². The number of aromatic nitrogens is 4. The third-order valence-corrected chi connectivity index (χ3v) is 3.77. The molecule has 0 saturated heterocycles. The molecule has 0 unspecified atom stereocenters. The van der Waals surface area contributed by atoms with Gasteiger partial charge in [-0.2, -0.15) is 18.3 Å². The van der Waals surface area contributed by atoms with E-state index in [1.807, 2.05) is 0 Å². The SMILES string of the molecule is CC(C)C(=O)Nc1nccc2nn(Cc3ccc(OCC(F)(F)F)cn3)cc12.